The Morgan fingerprint density at radius 1 is 1.38 bits per heavy atom. The number of carbonyl (C=O) groups is 1. The first-order valence-corrected chi connectivity index (χ1v) is 5.96. The Morgan fingerprint density at radius 3 is 2.50 bits per heavy atom. The molecule has 1 aromatic rings. The number of alkyl halides is 1. The molecule has 0 fully saturated rings. The zero-order valence-corrected chi connectivity index (χ0v) is 10.4. The summed E-state index contributed by atoms with van der Waals surface area (Å²) in [4.78, 5) is 10.9. The number of carboxylic acids is 1. The van der Waals surface area contributed by atoms with E-state index in [1.807, 2.05) is 24.3 Å². The quantitative estimate of drug-likeness (QED) is 0.871. The molecule has 0 saturated carbocycles. The average Bonchev–Trinajstić information content (AvgIpc) is 2.26. The second kappa shape index (κ2) is 6.63. The molecule has 0 radical (unpaired) electrons. The Hall–Kier alpha value is -0.900. The number of halogens is 2. The van der Waals surface area contributed by atoms with Crippen LogP contribution in [0.5, 0.6) is 0 Å². The van der Waals surface area contributed by atoms with Gasteiger partial charge >= 0.3 is 5.97 Å². The monoisotopic (exact) mass is 288 g/mol. The molecule has 0 spiro atoms. The standard InChI is InChI=1S/C12H14BrFO2/c13-11-5-3-9(4-6-11)8-10(12(15)16)2-1-7-14/h3-6,10H,1-2,7-8H2,(H,15,16). The van der Waals surface area contributed by atoms with Gasteiger partial charge in [0.1, 0.15) is 0 Å². The number of hydrogen-bond acceptors (Lipinski definition) is 1. The molecule has 88 valence electrons. The van der Waals surface area contributed by atoms with Crippen LogP contribution in [0, 0.1) is 5.92 Å². The molecule has 2 nitrogen and oxygen atoms in total. The lowest BCUT2D eigenvalue weighted by Crippen LogP contribution is -2.16. The topological polar surface area (TPSA) is 37.3 Å². The van der Waals surface area contributed by atoms with Crippen molar-refractivity contribution < 1.29 is 14.3 Å². The summed E-state index contributed by atoms with van der Waals surface area (Å²) in [7, 11) is 0. The summed E-state index contributed by atoms with van der Waals surface area (Å²) in [5.74, 6) is -1.34. The normalized spacial score (nSPS) is 12.4. The first-order valence-electron chi connectivity index (χ1n) is 5.16. The molecule has 0 aromatic heterocycles. The summed E-state index contributed by atoms with van der Waals surface area (Å²) < 4.78 is 13.0. The van der Waals surface area contributed by atoms with Gasteiger partial charge in [0.25, 0.3) is 0 Å². The molecular formula is C12H14BrFO2. The van der Waals surface area contributed by atoms with Gasteiger partial charge in [0, 0.05) is 4.47 Å². The van der Waals surface area contributed by atoms with Crippen molar-refractivity contribution in [3.63, 3.8) is 0 Å². The fraction of sp³-hybridized carbons (Fsp3) is 0.417. The van der Waals surface area contributed by atoms with Gasteiger partial charge in [0.05, 0.1) is 12.6 Å². The maximum atomic E-state index is 12.0. The number of hydrogen-bond donors (Lipinski definition) is 1. The summed E-state index contributed by atoms with van der Waals surface area (Å²) in [6.45, 7) is -0.454. The minimum absolute atomic E-state index is 0.313. The van der Waals surface area contributed by atoms with E-state index in [1.54, 1.807) is 0 Å². The number of aliphatic carboxylic acids is 1. The molecule has 0 saturated heterocycles. The Morgan fingerprint density at radius 2 is 2.00 bits per heavy atom. The largest absolute Gasteiger partial charge is 0.481 e. The third kappa shape index (κ3) is 4.31. The average molecular weight is 289 g/mol. The zero-order valence-electron chi connectivity index (χ0n) is 8.83. The Labute approximate surface area is 103 Å². The van der Waals surface area contributed by atoms with Gasteiger partial charge in [-0.25, -0.2) is 0 Å². The second-order valence-corrected chi connectivity index (χ2v) is 4.61. The predicted molar refractivity (Wildman–Crippen MR) is 64.2 cm³/mol. The lowest BCUT2D eigenvalue weighted by atomic mass is 9.95. The number of rotatable bonds is 6. The smallest absolute Gasteiger partial charge is 0.306 e. The van der Waals surface area contributed by atoms with Gasteiger partial charge in [-0.15, -0.1) is 0 Å². The van der Waals surface area contributed by atoms with E-state index >= 15 is 0 Å². The fourth-order valence-corrected chi connectivity index (χ4v) is 1.81. The highest BCUT2D eigenvalue weighted by Crippen LogP contribution is 2.17. The van der Waals surface area contributed by atoms with Crippen LogP contribution >= 0.6 is 15.9 Å². The predicted octanol–water partition coefficient (Wildman–Crippen LogP) is 3.44. The lowest BCUT2D eigenvalue weighted by Gasteiger charge is -2.11. The van der Waals surface area contributed by atoms with Crippen molar-refractivity contribution >= 4 is 21.9 Å². The van der Waals surface area contributed by atoms with Gasteiger partial charge in [0.15, 0.2) is 0 Å². The minimum atomic E-state index is -0.851. The summed E-state index contributed by atoms with van der Waals surface area (Å²) in [6, 6.07) is 7.53. The first-order chi connectivity index (χ1) is 7.63. The van der Waals surface area contributed by atoms with E-state index in [0.29, 0.717) is 19.3 Å². The summed E-state index contributed by atoms with van der Waals surface area (Å²) >= 11 is 3.32. The van der Waals surface area contributed by atoms with Crippen LogP contribution in [-0.4, -0.2) is 17.8 Å². The Bertz CT molecular complexity index is 337. The van der Waals surface area contributed by atoms with Crippen LogP contribution in [-0.2, 0) is 11.2 Å². The maximum absolute atomic E-state index is 12.0. The van der Waals surface area contributed by atoms with Crippen molar-refractivity contribution in [1.82, 2.24) is 0 Å². The second-order valence-electron chi connectivity index (χ2n) is 3.70. The maximum Gasteiger partial charge on any atom is 0.306 e. The summed E-state index contributed by atoms with van der Waals surface area (Å²) in [6.07, 6.45) is 1.16. The summed E-state index contributed by atoms with van der Waals surface area (Å²) in [5, 5.41) is 8.98. The molecular weight excluding hydrogens is 275 g/mol. The van der Waals surface area contributed by atoms with Crippen LogP contribution in [0.4, 0.5) is 4.39 Å². The molecule has 16 heavy (non-hydrogen) atoms. The molecule has 0 heterocycles. The van der Waals surface area contributed by atoms with Gasteiger partial charge in [-0.3, -0.25) is 9.18 Å². The molecule has 1 atom stereocenters. The highest BCUT2D eigenvalue weighted by molar-refractivity contribution is 9.10. The van der Waals surface area contributed by atoms with Crippen LogP contribution in [0.2, 0.25) is 0 Å². The molecule has 1 aromatic carbocycles. The molecule has 0 bridgehead atoms. The van der Waals surface area contributed by atoms with E-state index in [9.17, 15) is 9.18 Å². The van der Waals surface area contributed by atoms with E-state index in [-0.39, 0.29) is 0 Å². The summed E-state index contributed by atoms with van der Waals surface area (Å²) in [5.41, 5.74) is 0.967. The zero-order chi connectivity index (χ0) is 12.0. The molecule has 4 heteroatoms. The molecule has 1 rings (SSSR count). The van der Waals surface area contributed by atoms with E-state index in [0.717, 1.165) is 10.0 Å². The molecule has 0 amide bonds. The van der Waals surface area contributed by atoms with Crippen molar-refractivity contribution in [3.8, 4) is 0 Å². The molecule has 1 unspecified atom stereocenters. The third-order valence-corrected chi connectivity index (χ3v) is 2.96. The fourth-order valence-electron chi connectivity index (χ4n) is 1.54. The molecule has 0 aliphatic carbocycles. The highest BCUT2D eigenvalue weighted by Gasteiger charge is 2.17. The van der Waals surface area contributed by atoms with Gasteiger partial charge in [-0.2, -0.15) is 0 Å². The van der Waals surface area contributed by atoms with Crippen molar-refractivity contribution in [3.05, 3.63) is 34.3 Å². The first kappa shape index (κ1) is 13.2. The number of benzene rings is 1. The van der Waals surface area contributed by atoms with Crippen molar-refractivity contribution in [2.45, 2.75) is 19.3 Å². The van der Waals surface area contributed by atoms with E-state index in [2.05, 4.69) is 15.9 Å². The molecule has 1 N–H and O–H groups in total. The number of carboxylic acid groups (broad SMARTS) is 1. The lowest BCUT2D eigenvalue weighted by molar-refractivity contribution is -0.142. The van der Waals surface area contributed by atoms with Crippen LogP contribution in [0.15, 0.2) is 28.7 Å². The third-order valence-electron chi connectivity index (χ3n) is 2.43. The SMILES string of the molecule is O=C(O)C(CCCF)Cc1ccc(Br)cc1. The molecule has 0 aliphatic heterocycles. The van der Waals surface area contributed by atoms with Gasteiger partial charge in [-0.1, -0.05) is 28.1 Å². The van der Waals surface area contributed by atoms with Crippen LogP contribution in [0.3, 0.4) is 0 Å². The van der Waals surface area contributed by atoms with Gasteiger partial charge < -0.3 is 5.11 Å². The van der Waals surface area contributed by atoms with E-state index < -0.39 is 18.6 Å². The van der Waals surface area contributed by atoms with Crippen molar-refractivity contribution in [2.24, 2.45) is 5.92 Å². The Balaban J connectivity index is 2.60. The van der Waals surface area contributed by atoms with Gasteiger partial charge in [0.2, 0.25) is 0 Å². The van der Waals surface area contributed by atoms with E-state index in [1.165, 1.54) is 0 Å². The van der Waals surface area contributed by atoms with Gasteiger partial charge in [-0.05, 0) is 37.0 Å². The molecule has 0 aliphatic rings. The minimum Gasteiger partial charge on any atom is -0.481 e. The highest BCUT2D eigenvalue weighted by atomic mass is 79.9. The van der Waals surface area contributed by atoms with Crippen LogP contribution < -0.4 is 0 Å². The van der Waals surface area contributed by atoms with Crippen molar-refractivity contribution in [1.29, 1.82) is 0 Å². The van der Waals surface area contributed by atoms with Crippen LogP contribution in [0.1, 0.15) is 18.4 Å². The Kier molecular flexibility index (Phi) is 5.46. The van der Waals surface area contributed by atoms with E-state index in [4.69, 9.17) is 5.11 Å². The van der Waals surface area contributed by atoms with Crippen molar-refractivity contribution in [2.75, 3.05) is 6.67 Å². The van der Waals surface area contributed by atoms with Crippen LogP contribution in [0.25, 0.3) is 0 Å².